The Labute approximate surface area is 154 Å². The predicted molar refractivity (Wildman–Crippen MR) is 102 cm³/mol. The lowest BCUT2D eigenvalue weighted by atomic mass is 9.77. The minimum atomic E-state index is -0.560. The normalized spacial score (nSPS) is 19.5. The van der Waals surface area contributed by atoms with Crippen molar-refractivity contribution in [1.82, 2.24) is 5.32 Å². The summed E-state index contributed by atoms with van der Waals surface area (Å²) in [6, 6.07) is 7.18. The van der Waals surface area contributed by atoms with Crippen LogP contribution in [-0.4, -0.2) is 41.8 Å². The largest absolute Gasteiger partial charge is 0.492 e. The average Bonchev–Trinajstić information content (AvgIpc) is 2.78. The first-order valence-electron chi connectivity index (χ1n) is 8.44. The van der Waals surface area contributed by atoms with Crippen molar-refractivity contribution in [2.45, 2.75) is 45.8 Å². The molecule has 1 aromatic carbocycles. The molecule has 0 aliphatic carbocycles. The van der Waals surface area contributed by atoms with Crippen LogP contribution >= 0.6 is 0 Å². The van der Waals surface area contributed by atoms with Gasteiger partial charge in [0.2, 0.25) is 5.91 Å². The van der Waals surface area contributed by atoms with Crippen LogP contribution in [0.1, 0.15) is 45.7 Å². The van der Waals surface area contributed by atoms with Gasteiger partial charge in [-0.3, -0.25) is 4.79 Å². The Kier molecular flexibility index (Phi) is 5.78. The van der Waals surface area contributed by atoms with Gasteiger partial charge in [-0.05, 0) is 38.7 Å². The highest BCUT2D eigenvalue weighted by Crippen LogP contribution is 2.38. The quantitative estimate of drug-likeness (QED) is 0.245. The van der Waals surface area contributed by atoms with Crippen LogP contribution in [0.3, 0.4) is 0 Å². The van der Waals surface area contributed by atoms with Crippen LogP contribution in [0.2, 0.25) is 0 Å². The number of oxime groups is 1. The highest BCUT2D eigenvalue weighted by atomic mass is 16.7. The van der Waals surface area contributed by atoms with Gasteiger partial charge in [0.15, 0.2) is 5.84 Å². The van der Waals surface area contributed by atoms with E-state index in [1.165, 1.54) is 6.92 Å². The lowest BCUT2D eigenvalue weighted by Crippen LogP contribution is -2.41. The first-order valence-corrected chi connectivity index (χ1v) is 8.44. The third-order valence-corrected chi connectivity index (χ3v) is 4.76. The van der Waals surface area contributed by atoms with Gasteiger partial charge < -0.3 is 25.6 Å². The van der Waals surface area contributed by atoms with Crippen LogP contribution in [0, 0.1) is 0 Å². The summed E-state index contributed by atoms with van der Waals surface area (Å²) in [7, 11) is -0.560. The molecule has 8 heteroatoms. The van der Waals surface area contributed by atoms with Crippen LogP contribution in [0.25, 0.3) is 6.08 Å². The van der Waals surface area contributed by atoms with Crippen LogP contribution in [0.5, 0.6) is 0 Å². The van der Waals surface area contributed by atoms with Gasteiger partial charge in [0, 0.05) is 19.0 Å². The first-order chi connectivity index (χ1) is 12.1. The summed E-state index contributed by atoms with van der Waals surface area (Å²) in [5, 5.41) is 14.5. The van der Waals surface area contributed by atoms with Crippen molar-refractivity contribution in [3.8, 4) is 0 Å². The number of hydrogen-bond acceptors (Lipinski definition) is 5. The van der Waals surface area contributed by atoms with Crippen LogP contribution in [0.4, 0.5) is 0 Å². The highest BCUT2D eigenvalue weighted by molar-refractivity contribution is 6.56. The second-order valence-electron chi connectivity index (χ2n) is 7.32. The number of amidine groups is 1. The van der Waals surface area contributed by atoms with E-state index in [0.717, 1.165) is 11.0 Å². The van der Waals surface area contributed by atoms with E-state index in [4.69, 9.17) is 20.2 Å². The molecule has 0 saturated carbocycles. The zero-order chi connectivity index (χ0) is 19.5. The van der Waals surface area contributed by atoms with Gasteiger partial charge in [-0.25, -0.2) is 0 Å². The summed E-state index contributed by atoms with van der Waals surface area (Å²) in [6.45, 7) is 9.70. The molecule has 1 aliphatic rings. The molecule has 1 saturated heterocycles. The Hall–Kier alpha value is -2.32. The van der Waals surface area contributed by atoms with Crippen molar-refractivity contribution >= 4 is 24.9 Å². The van der Waals surface area contributed by atoms with Crippen molar-refractivity contribution < 1.29 is 19.3 Å². The first kappa shape index (κ1) is 20.0. The van der Waals surface area contributed by atoms with E-state index in [2.05, 4.69) is 10.5 Å². The van der Waals surface area contributed by atoms with E-state index in [1.807, 2.05) is 45.9 Å². The van der Waals surface area contributed by atoms with Gasteiger partial charge in [-0.2, -0.15) is 0 Å². The molecule has 1 aromatic rings. The molecule has 26 heavy (non-hydrogen) atoms. The Morgan fingerprint density at radius 2 is 1.77 bits per heavy atom. The fraction of sp³-hybridized carbons (Fsp3) is 0.444. The summed E-state index contributed by atoms with van der Waals surface area (Å²) in [6.07, 6.45) is 1.91. The molecule has 1 amide bonds. The summed E-state index contributed by atoms with van der Waals surface area (Å²) in [5.74, 6) is -0.0837. The molecular formula is C18H26BN3O4. The molecule has 140 valence electrons. The molecule has 1 aliphatic heterocycles. The van der Waals surface area contributed by atoms with E-state index in [0.29, 0.717) is 12.1 Å². The Morgan fingerprint density at radius 1 is 1.23 bits per heavy atom. The lowest BCUT2D eigenvalue weighted by Gasteiger charge is -2.32. The van der Waals surface area contributed by atoms with Gasteiger partial charge in [-0.1, -0.05) is 35.5 Å². The summed E-state index contributed by atoms with van der Waals surface area (Å²) in [4.78, 5) is 11.4. The molecular weight excluding hydrogens is 333 g/mol. The number of hydrogen-bond donors (Lipinski definition) is 3. The van der Waals surface area contributed by atoms with Crippen LogP contribution in [-0.2, 0) is 14.1 Å². The molecule has 0 atom stereocenters. The number of nitrogens with zero attached hydrogens (tertiary/aromatic N) is 1. The molecule has 1 heterocycles. The minimum absolute atomic E-state index is 0.0463. The standard InChI is InChI=1S/C18H26BN3O4/c1-12(23)21-11-15(19-25-17(2,3)18(4,5)26-19)10-13-6-8-14(9-7-13)16(20)22-24/h6-10,24H,11H2,1-5H3,(H2,20,22)(H,21,23). The zero-order valence-electron chi connectivity index (χ0n) is 15.9. The fourth-order valence-corrected chi connectivity index (χ4v) is 2.45. The topological polar surface area (TPSA) is 106 Å². The number of rotatable bonds is 5. The number of carbonyl (C=O) groups excluding carboxylic acids is 1. The van der Waals surface area contributed by atoms with Gasteiger partial charge >= 0.3 is 7.12 Å². The van der Waals surface area contributed by atoms with Crippen molar-refractivity contribution in [2.75, 3.05) is 6.54 Å². The Morgan fingerprint density at radius 3 is 2.23 bits per heavy atom. The fourth-order valence-electron chi connectivity index (χ4n) is 2.45. The van der Waals surface area contributed by atoms with Gasteiger partial charge in [-0.15, -0.1) is 0 Å². The van der Waals surface area contributed by atoms with E-state index in [-0.39, 0.29) is 11.7 Å². The van der Waals surface area contributed by atoms with Gasteiger partial charge in [0.25, 0.3) is 0 Å². The molecule has 0 radical (unpaired) electrons. The molecule has 0 unspecified atom stereocenters. The Bertz CT molecular complexity index is 710. The van der Waals surface area contributed by atoms with Crippen molar-refractivity contribution in [3.05, 3.63) is 40.9 Å². The number of carbonyl (C=O) groups is 1. The molecule has 2 rings (SSSR count). The number of benzene rings is 1. The maximum absolute atomic E-state index is 11.4. The zero-order valence-corrected chi connectivity index (χ0v) is 15.9. The van der Waals surface area contributed by atoms with Gasteiger partial charge in [0.05, 0.1) is 11.2 Å². The molecule has 0 bridgehead atoms. The SMILES string of the molecule is CC(=O)NCC(=Cc1ccc(C(N)=NO)cc1)B1OC(C)(C)C(C)(C)O1. The van der Waals surface area contributed by atoms with E-state index >= 15 is 0 Å². The number of nitrogens with one attached hydrogen (secondary N) is 1. The second-order valence-corrected chi connectivity index (χ2v) is 7.32. The maximum Gasteiger partial charge on any atom is 0.492 e. The lowest BCUT2D eigenvalue weighted by molar-refractivity contribution is -0.118. The Balaban J connectivity index is 2.30. The van der Waals surface area contributed by atoms with Crippen molar-refractivity contribution in [2.24, 2.45) is 10.9 Å². The van der Waals surface area contributed by atoms with E-state index in [9.17, 15) is 4.79 Å². The third-order valence-electron chi connectivity index (χ3n) is 4.76. The summed E-state index contributed by atoms with van der Waals surface area (Å²) in [5.41, 5.74) is 6.94. The van der Waals surface area contributed by atoms with Crippen LogP contribution < -0.4 is 11.1 Å². The number of amides is 1. The smallest absolute Gasteiger partial charge is 0.409 e. The second kappa shape index (κ2) is 7.51. The summed E-state index contributed by atoms with van der Waals surface area (Å²) >= 11 is 0. The van der Waals surface area contributed by atoms with Gasteiger partial charge in [0.1, 0.15) is 0 Å². The predicted octanol–water partition coefficient (Wildman–Crippen LogP) is 1.93. The monoisotopic (exact) mass is 359 g/mol. The minimum Gasteiger partial charge on any atom is -0.409 e. The third kappa shape index (κ3) is 4.45. The molecule has 0 spiro atoms. The molecule has 0 aromatic heterocycles. The van der Waals surface area contributed by atoms with E-state index < -0.39 is 18.3 Å². The molecule has 1 fully saturated rings. The summed E-state index contributed by atoms with van der Waals surface area (Å²) < 4.78 is 12.2. The van der Waals surface area contributed by atoms with Crippen LogP contribution in [0.15, 0.2) is 34.9 Å². The van der Waals surface area contributed by atoms with Crippen molar-refractivity contribution in [3.63, 3.8) is 0 Å². The number of nitrogens with two attached hydrogens (primary N) is 1. The average molecular weight is 359 g/mol. The molecule has 4 N–H and O–H groups in total. The molecule has 7 nitrogen and oxygen atoms in total. The highest BCUT2D eigenvalue weighted by Gasteiger charge is 2.52. The van der Waals surface area contributed by atoms with E-state index in [1.54, 1.807) is 12.1 Å². The van der Waals surface area contributed by atoms with Crippen molar-refractivity contribution in [1.29, 1.82) is 0 Å². The maximum atomic E-state index is 11.4.